The summed E-state index contributed by atoms with van der Waals surface area (Å²) in [5.74, 6) is 0.639. The molecule has 0 heterocycles. The van der Waals surface area contributed by atoms with Gasteiger partial charge in [0, 0.05) is 31.8 Å². The summed E-state index contributed by atoms with van der Waals surface area (Å²) >= 11 is 0. The maximum Gasteiger partial charge on any atom is 0.137 e. The predicted molar refractivity (Wildman–Crippen MR) is 118 cm³/mol. The molecule has 6 atom stereocenters. The van der Waals surface area contributed by atoms with Crippen molar-refractivity contribution < 1.29 is 19.4 Å². The molecule has 0 amide bonds. The fraction of sp³-hybridized carbons (Fsp3) is 0.692. The third-order valence-electron chi connectivity index (χ3n) is 7.70. The van der Waals surface area contributed by atoms with E-state index in [1.165, 1.54) is 0 Å². The van der Waals surface area contributed by atoms with E-state index in [9.17, 15) is 14.7 Å². The van der Waals surface area contributed by atoms with Crippen molar-refractivity contribution in [3.8, 4) is 0 Å². The number of aliphatic hydroxyl groups is 1. The average Bonchev–Trinajstić information content (AvgIpc) is 2.69. The van der Waals surface area contributed by atoms with E-state index >= 15 is 0 Å². The smallest absolute Gasteiger partial charge is 0.137 e. The van der Waals surface area contributed by atoms with Gasteiger partial charge in [0.25, 0.3) is 0 Å². The summed E-state index contributed by atoms with van der Waals surface area (Å²) in [5, 5.41) is 11.0. The number of carbonyl (C=O) groups excluding carboxylic acids is 2. The van der Waals surface area contributed by atoms with Crippen LogP contribution in [0.3, 0.4) is 0 Å². The minimum absolute atomic E-state index is 0.0986. The van der Waals surface area contributed by atoms with Gasteiger partial charge in [0.15, 0.2) is 0 Å². The highest BCUT2D eigenvalue weighted by molar-refractivity contribution is 5.90. The Morgan fingerprint density at radius 3 is 2.57 bits per heavy atom. The second-order valence-corrected chi connectivity index (χ2v) is 10.3. The number of ether oxygens (including phenoxy) is 1. The van der Waals surface area contributed by atoms with E-state index in [4.69, 9.17) is 4.74 Å². The molecule has 0 radical (unpaired) electrons. The van der Waals surface area contributed by atoms with Gasteiger partial charge < -0.3 is 9.84 Å². The van der Waals surface area contributed by atoms with Crippen LogP contribution < -0.4 is 0 Å². The summed E-state index contributed by atoms with van der Waals surface area (Å²) in [6.07, 6.45) is 2.54. The lowest BCUT2D eigenvalue weighted by Crippen LogP contribution is -2.55. The Labute approximate surface area is 181 Å². The van der Waals surface area contributed by atoms with Crippen LogP contribution in [0.5, 0.6) is 0 Å². The highest BCUT2D eigenvalue weighted by atomic mass is 16.5. The molecule has 0 spiro atoms. The van der Waals surface area contributed by atoms with Crippen LogP contribution in [0.25, 0.3) is 0 Å². The van der Waals surface area contributed by atoms with Crippen molar-refractivity contribution in [2.75, 3.05) is 6.61 Å². The van der Waals surface area contributed by atoms with Gasteiger partial charge in [-0.3, -0.25) is 9.59 Å². The van der Waals surface area contributed by atoms with E-state index in [0.29, 0.717) is 38.4 Å². The molecule has 2 aliphatic rings. The maximum atomic E-state index is 13.3. The Kier molecular flexibility index (Phi) is 7.52. The topological polar surface area (TPSA) is 63.6 Å². The number of aliphatic hydroxyl groups excluding tert-OH is 1. The molecule has 30 heavy (non-hydrogen) atoms. The van der Waals surface area contributed by atoms with Crippen molar-refractivity contribution in [2.24, 2.45) is 35.0 Å². The highest BCUT2D eigenvalue weighted by Gasteiger charge is 2.55. The fourth-order valence-corrected chi connectivity index (χ4v) is 5.80. The van der Waals surface area contributed by atoms with Crippen molar-refractivity contribution in [2.45, 2.75) is 72.5 Å². The molecular weight excluding hydrogens is 376 g/mol. The van der Waals surface area contributed by atoms with E-state index in [-0.39, 0.29) is 40.7 Å². The predicted octanol–water partition coefficient (Wildman–Crippen LogP) is 4.83. The molecular formula is C26H38O4. The number of benzene rings is 1. The molecule has 4 nitrogen and oxygen atoms in total. The standard InChI is InChI=1S/C26H38O4/c1-17(2)21-10-11-26(4)22(13-20(27)14-23(26)25(21)29)24(28)12-18(3)15-30-16-19-8-6-5-7-9-19/h5-9,17-18,21-23,25,29H,10-16H2,1-4H3/t18-,21+,22-,23-,25-,26-/m0/s1. The summed E-state index contributed by atoms with van der Waals surface area (Å²) in [6.45, 7) is 9.53. The summed E-state index contributed by atoms with van der Waals surface area (Å²) in [7, 11) is 0. The van der Waals surface area contributed by atoms with E-state index in [2.05, 4.69) is 20.8 Å². The molecule has 166 valence electrons. The van der Waals surface area contributed by atoms with E-state index in [1.807, 2.05) is 37.3 Å². The van der Waals surface area contributed by atoms with Crippen molar-refractivity contribution >= 4 is 11.6 Å². The fourth-order valence-electron chi connectivity index (χ4n) is 5.80. The van der Waals surface area contributed by atoms with Crippen molar-refractivity contribution in [1.29, 1.82) is 0 Å². The molecule has 1 N–H and O–H groups in total. The molecule has 4 heteroatoms. The molecule has 0 bridgehead atoms. The van der Waals surface area contributed by atoms with Gasteiger partial charge >= 0.3 is 0 Å². The van der Waals surface area contributed by atoms with Crippen LogP contribution >= 0.6 is 0 Å². The van der Waals surface area contributed by atoms with Gasteiger partial charge in [0.05, 0.1) is 12.7 Å². The number of hydrogen-bond acceptors (Lipinski definition) is 4. The summed E-state index contributed by atoms with van der Waals surface area (Å²) < 4.78 is 5.82. The first-order chi connectivity index (χ1) is 14.2. The van der Waals surface area contributed by atoms with Crippen LogP contribution in [0.4, 0.5) is 0 Å². The third kappa shape index (κ3) is 5.03. The van der Waals surface area contributed by atoms with Crippen LogP contribution in [0, 0.1) is 35.0 Å². The van der Waals surface area contributed by atoms with Crippen LogP contribution in [-0.4, -0.2) is 29.4 Å². The largest absolute Gasteiger partial charge is 0.393 e. The van der Waals surface area contributed by atoms with Crippen LogP contribution in [0.15, 0.2) is 30.3 Å². The number of fused-ring (bicyclic) bond motifs is 1. The van der Waals surface area contributed by atoms with E-state index in [1.54, 1.807) is 0 Å². The zero-order valence-electron chi connectivity index (χ0n) is 19.0. The molecule has 1 aromatic rings. The zero-order valence-corrected chi connectivity index (χ0v) is 19.0. The lowest BCUT2D eigenvalue weighted by Gasteiger charge is -2.54. The Morgan fingerprint density at radius 1 is 1.20 bits per heavy atom. The molecule has 0 aliphatic heterocycles. The summed E-state index contributed by atoms with van der Waals surface area (Å²) in [4.78, 5) is 25.8. The Balaban J connectivity index is 1.60. The van der Waals surface area contributed by atoms with E-state index < -0.39 is 6.10 Å². The van der Waals surface area contributed by atoms with Crippen LogP contribution in [0.1, 0.15) is 65.4 Å². The van der Waals surface area contributed by atoms with Gasteiger partial charge in [-0.15, -0.1) is 0 Å². The number of hydrogen-bond donors (Lipinski definition) is 1. The number of carbonyl (C=O) groups is 2. The van der Waals surface area contributed by atoms with Crippen molar-refractivity contribution in [1.82, 2.24) is 0 Å². The number of ketones is 2. The molecule has 0 saturated heterocycles. The molecule has 2 aliphatic carbocycles. The van der Waals surface area contributed by atoms with Crippen molar-refractivity contribution in [3.63, 3.8) is 0 Å². The second kappa shape index (κ2) is 9.74. The average molecular weight is 415 g/mol. The molecule has 2 saturated carbocycles. The third-order valence-corrected chi connectivity index (χ3v) is 7.70. The van der Waals surface area contributed by atoms with Gasteiger partial charge in [0.2, 0.25) is 0 Å². The number of rotatable bonds is 8. The Hall–Kier alpha value is -1.52. The molecule has 0 aromatic heterocycles. The van der Waals surface area contributed by atoms with Crippen LogP contribution in [0.2, 0.25) is 0 Å². The minimum Gasteiger partial charge on any atom is -0.393 e. The minimum atomic E-state index is -0.491. The zero-order chi connectivity index (χ0) is 21.9. The monoisotopic (exact) mass is 414 g/mol. The van der Waals surface area contributed by atoms with Gasteiger partial charge in [-0.1, -0.05) is 58.0 Å². The molecule has 0 unspecified atom stereocenters. The number of Topliss-reactive ketones (excluding diaryl/α,β-unsaturated/α-hetero) is 2. The first-order valence-electron chi connectivity index (χ1n) is 11.6. The van der Waals surface area contributed by atoms with E-state index in [0.717, 1.165) is 18.4 Å². The lowest BCUT2D eigenvalue weighted by molar-refractivity contribution is -0.157. The first kappa shape index (κ1) is 23.1. The van der Waals surface area contributed by atoms with Gasteiger partial charge in [-0.2, -0.15) is 0 Å². The first-order valence-corrected chi connectivity index (χ1v) is 11.6. The normalized spacial score (nSPS) is 32.7. The van der Waals surface area contributed by atoms with Gasteiger partial charge in [-0.05, 0) is 47.5 Å². The van der Waals surface area contributed by atoms with Crippen molar-refractivity contribution in [3.05, 3.63) is 35.9 Å². The quantitative estimate of drug-likeness (QED) is 0.662. The highest BCUT2D eigenvalue weighted by Crippen LogP contribution is 2.55. The Bertz CT molecular complexity index is 728. The SMILES string of the molecule is CC(C)[C@H]1CC[C@@]2(C)[C@H](C(=O)C[C@H](C)COCc3ccccc3)CC(=O)C[C@H]2[C@H]1O. The summed E-state index contributed by atoms with van der Waals surface area (Å²) in [5.41, 5.74) is 0.848. The molecule has 1 aromatic carbocycles. The van der Waals surface area contributed by atoms with Crippen LogP contribution in [-0.2, 0) is 20.9 Å². The lowest BCUT2D eigenvalue weighted by atomic mass is 9.50. The summed E-state index contributed by atoms with van der Waals surface area (Å²) in [6, 6.07) is 10.0. The molecule has 3 rings (SSSR count). The molecule has 2 fully saturated rings. The Morgan fingerprint density at radius 2 is 1.90 bits per heavy atom. The maximum absolute atomic E-state index is 13.3. The van der Waals surface area contributed by atoms with Gasteiger partial charge in [0.1, 0.15) is 11.6 Å². The second-order valence-electron chi connectivity index (χ2n) is 10.3. The van der Waals surface area contributed by atoms with Gasteiger partial charge in [-0.25, -0.2) is 0 Å².